The number of benzene rings is 1. The Morgan fingerprint density at radius 1 is 1.48 bits per heavy atom. The standard InChI is InChI=1S/C14H20N2O4S/c1-10-9-20-13-7-11(16-6-2-3-12(16)8-17)4-5-14(13)21(18,19)15-10/h4-5,7,10,12,15,17H,2-3,6,8-9H2,1H3/t10-,12+/m1/s1. The topological polar surface area (TPSA) is 78.9 Å². The zero-order valence-corrected chi connectivity index (χ0v) is 12.8. The molecule has 0 saturated carbocycles. The predicted molar refractivity (Wildman–Crippen MR) is 79.2 cm³/mol. The van der Waals surface area contributed by atoms with E-state index >= 15 is 0 Å². The second kappa shape index (κ2) is 5.47. The summed E-state index contributed by atoms with van der Waals surface area (Å²) >= 11 is 0. The highest BCUT2D eigenvalue weighted by atomic mass is 32.2. The van der Waals surface area contributed by atoms with E-state index in [4.69, 9.17) is 4.74 Å². The van der Waals surface area contributed by atoms with E-state index in [2.05, 4.69) is 9.62 Å². The van der Waals surface area contributed by atoms with Crippen molar-refractivity contribution in [1.82, 2.24) is 4.72 Å². The van der Waals surface area contributed by atoms with E-state index < -0.39 is 10.0 Å². The lowest BCUT2D eigenvalue weighted by Gasteiger charge is -2.26. The minimum absolute atomic E-state index is 0.0995. The van der Waals surface area contributed by atoms with Crippen LogP contribution >= 0.6 is 0 Å². The normalized spacial score (nSPS) is 27.8. The molecule has 7 heteroatoms. The van der Waals surface area contributed by atoms with Crippen molar-refractivity contribution >= 4 is 15.7 Å². The molecule has 2 aliphatic heterocycles. The molecule has 2 aliphatic rings. The summed E-state index contributed by atoms with van der Waals surface area (Å²) in [4.78, 5) is 2.29. The van der Waals surface area contributed by atoms with E-state index in [1.165, 1.54) is 0 Å². The van der Waals surface area contributed by atoms with Gasteiger partial charge < -0.3 is 14.7 Å². The number of aliphatic hydroxyl groups excluding tert-OH is 1. The fourth-order valence-corrected chi connectivity index (χ4v) is 4.31. The molecule has 0 radical (unpaired) electrons. The van der Waals surface area contributed by atoms with Crippen molar-refractivity contribution in [3.05, 3.63) is 18.2 Å². The molecule has 1 aromatic rings. The summed E-state index contributed by atoms with van der Waals surface area (Å²) < 4.78 is 32.6. The molecule has 2 atom stereocenters. The van der Waals surface area contributed by atoms with Crippen LogP contribution in [0.4, 0.5) is 5.69 Å². The van der Waals surface area contributed by atoms with Crippen LogP contribution in [0, 0.1) is 0 Å². The smallest absolute Gasteiger partial charge is 0.244 e. The Morgan fingerprint density at radius 2 is 2.29 bits per heavy atom. The van der Waals surface area contributed by atoms with E-state index in [0.29, 0.717) is 12.4 Å². The molecule has 2 N–H and O–H groups in total. The van der Waals surface area contributed by atoms with Crippen LogP contribution < -0.4 is 14.4 Å². The molecule has 116 valence electrons. The molecule has 21 heavy (non-hydrogen) atoms. The fourth-order valence-electron chi connectivity index (χ4n) is 2.95. The van der Waals surface area contributed by atoms with Crippen molar-refractivity contribution < 1.29 is 18.3 Å². The monoisotopic (exact) mass is 312 g/mol. The van der Waals surface area contributed by atoms with E-state index in [0.717, 1.165) is 25.1 Å². The first-order chi connectivity index (χ1) is 10.0. The summed E-state index contributed by atoms with van der Waals surface area (Å²) in [6.07, 6.45) is 1.98. The predicted octanol–water partition coefficient (Wildman–Crippen LogP) is 0.707. The zero-order valence-electron chi connectivity index (χ0n) is 11.9. The summed E-state index contributed by atoms with van der Waals surface area (Å²) in [5, 5.41) is 9.42. The van der Waals surface area contributed by atoms with Crippen molar-refractivity contribution in [1.29, 1.82) is 0 Å². The third kappa shape index (κ3) is 2.73. The Hall–Kier alpha value is -1.31. The molecule has 0 aromatic heterocycles. The van der Waals surface area contributed by atoms with Gasteiger partial charge in [-0.3, -0.25) is 0 Å². The van der Waals surface area contributed by atoms with Crippen LogP contribution in [0.2, 0.25) is 0 Å². The Bertz CT molecular complexity index is 632. The molecule has 0 unspecified atom stereocenters. The van der Waals surface area contributed by atoms with Crippen molar-refractivity contribution in [3.8, 4) is 5.75 Å². The van der Waals surface area contributed by atoms with E-state index in [9.17, 15) is 13.5 Å². The molecule has 2 heterocycles. The fraction of sp³-hybridized carbons (Fsp3) is 0.571. The van der Waals surface area contributed by atoms with Gasteiger partial charge in [-0.1, -0.05) is 0 Å². The number of sulfonamides is 1. The molecule has 1 saturated heterocycles. The lowest BCUT2D eigenvalue weighted by molar-refractivity contribution is 0.266. The van der Waals surface area contributed by atoms with Gasteiger partial charge in [-0.05, 0) is 31.9 Å². The van der Waals surface area contributed by atoms with E-state index in [1.807, 2.05) is 0 Å². The van der Waals surface area contributed by atoms with Crippen molar-refractivity contribution in [2.24, 2.45) is 0 Å². The quantitative estimate of drug-likeness (QED) is 0.841. The lowest BCUT2D eigenvalue weighted by atomic mass is 10.2. The van der Waals surface area contributed by atoms with E-state index in [1.54, 1.807) is 25.1 Å². The number of anilines is 1. The van der Waals surface area contributed by atoms with Crippen LogP contribution in [0.5, 0.6) is 5.75 Å². The number of aliphatic hydroxyl groups is 1. The largest absolute Gasteiger partial charge is 0.490 e. The summed E-state index contributed by atoms with van der Waals surface area (Å²) in [6, 6.07) is 4.97. The first kappa shape index (κ1) is 14.6. The number of hydrogen-bond donors (Lipinski definition) is 2. The number of hydrogen-bond acceptors (Lipinski definition) is 5. The average molecular weight is 312 g/mol. The molecule has 0 amide bonds. The summed E-state index contributed by atoms with van der Waals surface area (Å²) in [7, 11) is -3.53. The molecule has 6 nitrogen and oxygen atoms in total. The van der Waals surface area contributed by atoms with Gasteiger partial charge in [0.15, 0.2) is 0 Å². The summed E-state index contributed by atoms with van der Waals surface area (Å²) in [5.41, 5.74) is 0.898. The first-order valence-corrected chi connectivity index (χ1v) is 8.66. The first-order valence-electron chi connectivity index (χ1n) is 7.18. The second-order valence-corrected chi connectivity index (χ2v) is 7.32. The van der Waals surface area contributed by atoms with E-state index in [-0.39, 0.29) is 23.6 Å². The van der Waals surface area contributed by atoms with Crippen molar-refractivity contribution in [2.45, 2.75) is 36.7 Å². The van der Waals surface area contributed by atoms with Gasteiger partial charge in [-0.25, -0.2) is 13.1 Å². The van der Waals surface area contributed by atoms with Gasteiger partial charge in [0, 0.05) is 18.3 Å². The van der Waals surface area contributed by atoms with Gasteiger partial charge in [0.05, 0.1) is 18.7 Å². The molecule has 1 fully saturated rings. The second-order valence-electron chi connectivity index (χ2n) is 5.64. The molecular formula is C14H20N2O4S. The number of rotatable bonds is 2. The summed E-state index contributed by atoms with van der Waals surface area (Å²) in [6.45, 7) is 3.05. The molecule has 0 bridgehead atoms. The summed E-state index contributed by atoms with van der Waals surface area (Å²) in [5.74, 6) is 0.382. The van der Waals surface area contributed by atoms with Gasteiger partial charge in [-0.15, -0.1) is 0 Å². The van der Waals surface area contributed by atoms with Gasteiger partial charge in [-0.2, -0.15) is 0 Å². The molecule has 0 spiro atoms. The Balaban J connectivity index is 1.98. The van der Waals surface area contributed by atoms with Crippen LogP contribution in [0.25, 0.3) is 0 Å². The lowest BCUT2D eigenvalue weighted by Crippen LogP contribution is -2.34. The number of fused-ring (bicyclic) bond motifs is 1. The molecule has 0 aliphatic carbocycles. The van der Waals surface area contributed by atoms with Gasteiger partial charge >= 0.3 is 0 Å². The maximum absolute atomic E-state index is 12.2. The van der Waals surface area contributed by atoms with Crippen LogP contribution in [-0.2, 0) is 10.0 Å². The molecule has 1 aromatic carbocycles. The highest BCUT2D eigenvalue weighted by molar-refractivity contribution is 7.89. The van der Waals surface area contributed by atoms with Crippen LogP contribution in [-0.4, -0.2) is 45.4 Å². The number of nitrogens with zero attached hydrogens (tertiary/aromatic N) is 1. The van der Waals surface area contributed by atoms with Crippen molar-refractivity contribution in [3.63, 3.8) is 0 Å². The molecular weight excluding hydrogens is 292 g/mol. The number of nitrogens with one attached hydrogen (secondary N) is 1. The van der Waals surface area contributed by atoms with Gasteiger partial charge in [0.1, 0.15) is 17.3 Å². The SMILES string of the molecule is C[C@@H]1COc2cc(N3CCC[C@H]3CO)ccc2S(=O)(=O)N1. The highest BCUT2D eigenvalue weighted by Gasteiger charge is 2.29. The zero-order chi connectivity index (χ0) is 15.0. The third-order valence-electron chi connectivity index (χ3n) is 3.98. The Morgan fingerprint density at radius 3 is 3.05 bits per heavy atom. The Kier molecular flexibility index (Phi) is 3.81. The minimum atomic E-state index is -3.53. The highest BCUT2D eigenvalue weighted by Crippen LogP contribution is 2.33. The third-order valence-corrected chi connectivity index (χ3v) is 5.61. The van der Waals surface area contributed by atoms with Crippen LogP contribution in [0.15, 0.2) is 23.1 Å². The maximum Gasteiger partial charge on any atom is 0.244 e. The van der Waals surface area contributed by atoms with Crippen LogP contribution in [0.3, 0.4) is 0 Å². The van der Waals surface area contributed by atoms with Crippen LogP contribution in [0.1, 0.15) is 19.8 Å². The van der Waals surface area contributed by atoms with Gasteiger partial charge in [0.2, 0.25) is 10.0 Å². The maximum atomic E-state index is 12.2. The van der Waals surface area contributed by atoms with Crippen molar-refractivity contribution in [2.75, 3.05) is 24.7 Å². The average Bonchev–Trinajstić information content (AvgIpc) is 2.88. The molecule has 3 rings (SSSR count). The number of ether oxygens (including phenoxy) is 1. The van der Waals surface area contributed by atoms with Gasteiger partial charge in [0.25, 0.3) is 0 Å². The minimum Gasteiger partial charge on any atom is -0.490 e. The Labute approximate surface area is 124 Å².